The Hall–Kier alpha value is -4.26. The van der Waals surface area contributed by atoms with Gasteiger partial charge in [0, 0.05) is 42.5 Å². The van der Waals surface area contributed by atoms with Gasteiger partial charge in [-0.15, -0.1) is 11.3 Å². The highest BCUT2D eigenvalue weighted by Crippen LogP contribution is 2.41. The van der Waals surface area contributed by atoms with Gasteiger partial charge < -0.3 is 20.1 Å². The summed E-state index contributed by atoms with van der Waals surface area (Å²) in [6.45, 7) is 1.53. The van der Waals surface area contributed by atoms with Crippen LogP contribution in [0.1, 0.15) is 45.6 Å². The van der Waals surface area contributed by atoms with Gasteiger partial charge in [0.15, 0.2) is 0 Å². The van der Waals surface area contributed by atoms with E-state index in [0.29, 0.717) is 49.0 Å². The second kappa shape index (κ2) is 15.5. The fraction of sp³-hybridized carbons (Fsp3) is 0.303. The predicted molar refractivity (Wildman–Crippen MR) is 182 cm³/mol. The molecule has 3 aromatic rings. The fourth-order valence-electron chi connectivity index (χ4n) is 5.33. The van der Waals surface area contributed by atoms with Crippen LogP contribution in [-0.2, 0) is 31.5 Å². The molecule has 0 aliphatic carbocycles. The number of nitrogens with one attached hydrogen (secondary N) is 1. The zero-order valence-electron chi connectivity index (χ0n) is 26.2. The van der Waals surface area contributed by atoms with Crippen molar-refractivity contribution in [2.75, 3.05) is 31.6 Å². The third kappa shape index (κ3) is 9.55. The van der Waals surface area contributed by atoms with E-state index in [2.05, 4.69) is 5.32 Å². The van der Waals surface area contributed by atoms with Crippen molar-refractivity contribution in [1.29, 1.82) is 0 Å². The number of ether oxygens (including phenoxy) is 1. The van der Waals surface area contributed by atoms with E-state index in [9.17, 15) is 45.5 Å². The molecule has 3 amide bonds. The molecule has 0 radical (unpaired) electrons. The summed E-state index contributed by atoms with van der Waals surface area (Å²) >= 11 is 7.40. The number of carbonyl (C=O) groups is 4. The molecule has 0 spiro atoms. The van der Waals surface area contributed by atoms with Gasteiger partial charge in [-0.1, -0.05) is 24.0 Å². The van der Waals surface area contributed by atoms with Gasteiger partial charge in [-0.3, -0.25) is 19.3 Å². The Balaban J connectivity index is 1.37. The minimum atomic E-state index is -5.02. The van der Waals surface area contributed by atoms with Crippen molar-refractivity contribution in [3.8, 4) is 11.1 Å². The molecule has 18 heteroatoms. The first kappa shape index (κ1) is 38.0. The first-order chi connectivity index (χ1) is 24.0. The molecule has 270 valence electrons. The highest BCUT2D eigenvalue weighted by molar-refractivity contribution is 8.26. The van der Waals surface area contributed by atoms with Crippen molar-refractivity contribution in [2.45, 2.75) is 37.7 Å². The maximum Gasteiger partial charge on any atom is 0.416 e. The van der Waals surface area contributed by atoms with Gasteiger partial charge in [0.05, 0.1) is 34.8 Å². The summed E-state index contributed by atoms with van der Waals surface area (Å²) in [5, 5.41) is 13.2. The summed E-state index contributed by atoms with van der Waals surface area (Å²) in [6.07, 6.45) is -8.88. The smallest absolute Gasteiger partial charge is 0.416 e. The Labute approximate surface area is 300 Å². The Morgan fingerprint density at radius 3 is 2.18 bits per heavy atom. The largest absolute Gasteiger partial charge is 0.478 e. The number of carboxylic acid groups (broad SMARTS) is 1. The number of carboxylic acids is 1. The van der Waals surface area contributed by atoms with E-state index in [1.165, 1.54) is 46.7 Å². The molecule has 1 aromatic heterocycles. The highest BCUT2D eigenvalue weighted by Gasteiger charge is 2.39. The van der Waals surface area contributed by atoms with E-state index in [1.807, 2.05) is 0 Å². The molecule has 9 nitrogen and oxygen atoms in total. The Bertz CT molecular complexity index is 1840. The lowest BCUT2D eigenvalue weighted by Crippen LogP contribution is -2.43. The molecular formula is C33H27F6N3O6S3. The van der Waals surface area contributed by atoms with Gasteiger partial charge >= 0.3 is 18.3 Å². The van der Waals surface area contributed by atoms with Gasteiger partial charge in [0.1, 0.15) is 4.32 Å². The van der Waals surface area contributed by atoms with E-state index >= 15 is 0 Å². The SMILES string of the molecule is O=C(C[C@H](CCC(=O)N1CCOCC1)N1C(=O)C(=Cc2cc(-c3cc(C(F)(F)F)cc(C(F)(F)F)c3)cs2)SC1=S)Nc1ccc(C(=O)O)cc1. The molecule has 0 bridgehead atoms. The minimum absolute atomic E-state index is 0.00981. The summed E-state index contributed by atoms with van der Waals surface area (Å²) in [5.41, 5.74) is -2.84. The molecule has 2 aliphatic heterocycles. The average molecular weight is 772 g/mol. The average Bonchev–Trinajstić information content (AvgIpc) is 3.65. The standard InChI is InChI=1S/C33H27F6N3O6S3/c34-32(35,36)21-11-19(12-22(14-21)33(37,38)39)20-13-25(50-17-20)16-26-29(45)42(31(49)51-26)24(5-6-28(44)41-7-9-48-10-8-41)15-27(43)40-23-3-1-18(2-4-23)30(46)47/h1-4,11-14,16-17,24H,5-10,15H2,(H,40,43)(H,46,47)/t24-/m0/s1. The number of alkyl halides is 6. The van der Waals surface area contributed by atoms with Crippen LogP contribution in [0.15, 0.2) is 58.8 Å². The molecule has 2 aromatic carbocycles. The van der Waals surface area contributed by atoms with E-state index in [-0.39, 0.29) is 57.2 Å². The maximum absolute atomic E-state index is 13.7. The lowest BCUT2D eigenvalue weighted by molar-refractivity contribution is -0.143. The zero-order chi connectivity index (χ0) is 37.1. The van der Waals surface area contributed by atoms with Crippen LogP contribution >= 0.6 is 35.3 Å². The van der Waals surface area contributed by atoms with Gasteiger partial charge in [0.25, 0.3) is 5.91 Å². The number of thiophene rings is 1. The number of morpholine rings is 1. The van der Waals surface area contributed by atoms with Crippen LogP contribution in [-0.4, -0.2) is 75.3 Å². The summed E-state index contributed by atoms with van der Waals surface area (Å²) in [7, 11) is 0. The van der Waals surface area contributed by atoms with E-state index < -0.39 is 47.3 Å². The number of nitrogens with zero attached hydrogens (tertiary/aromatic N) is 2. The number of aromatic carboxylic acids is 1. The van der Waals surface area contributed by atoms with Crippen LogP contribution in [0.2, 0.25) is 0 Å². The number of thiocarbonyl (C=S) groups is 1. The topological polar surface area (TPSA) is 116 Å². The van der Waals surface area contributed by atoms with Crippen molar-refractivity contribution >= 4 is 75.1 Å². The molecule has 2 fully saturated rings. The summed E-state index contributed by atoms with van der Waals surface area (Å²) in [4.78, 5) is 54.3. The van der Waals surface area contributed by atoms with Crippen molar-refractivity contribution in [3.05, 3.63) is 80.4 Å². The first-order valence-electron chi connectivity index (χ1n) is 15.1. The highest BCUT2D eigenvalue weighted by atomic mass is 32.2. The second-order valence-electron chi connectivity index (χ2n) is 11.4. The zero-order valence-corrected chi connectivity index (χ0v) is 28.6. The number of anilines is 1. The first-order valence-corrected chi connectivity index (χ1v) is 17.2. The molecule has 0 unspecified atom stereocenters. The van der Waals surface area contributed by atoms with Crippen LogP contribution in [0.3, 0.4) is 0 Å². The molecule has 1 atom stereocenters. The van der Waals surface area contributed by atoms with E-state index in [4.69, 9.17) is 22.1 Å². The maximum atomic E-state index is 13.7. The lowest BCUT2D eigenvalue weighted by Gasteiger charge is -2.29. The quantitative estimate of drug-likeness (QED) is 0.125. The van der Waals surface area contributed by atoms with Gasteiger partial charge in [-0.2, -0.15) is 26.3 Å². The molecule has 0 saturated carbocycles. The molecule has 2 N–H and O–H groups in total. The van der Waals surface area contributed by atoms with Gasteiger partial charge in [0.2, 0.25) is 11.8 Å². The third-order valence-corrected chi connectivity index (χ3v) is 10.1. The van der Waals surface area contributed by atoms with E-state index in [1.54, 1.807) is 4.90 Å². The van der Waals surface area contributed by atoms with Crippen LogP contribution in [0.4, 0.5) is 32.0 Å². The van der Waals surface area contributed by atoms with Crippen molar-refractivity contribution < 1.29 is 55.4 Å². The van der Waals surface area contributed by atoms with Crippen LogP contribution in [0.5, 0.6) is 0 Å². The minimum Gasteiger partial charge on any atom is -0.478 e. The number of halogens is 6. The number of amides is 3. The Morgan fingerprint density at radius 1 is 0.961 bits per heavy atom. The van der Waals surface area contributed by atoms with Crippen molar-refractivity contribution in [3.63, 3.8) is 0 Å². The van der Waals surface area contributed by atoms with Crippen molar-refractivity contribution in [1.82, 2.24) is 9.80 Å². The fourth-order valence-corrected chi connectivity index (χ4v) is 7.64. The monoisotopic (exact) mass is 771 g/mol. The normalized spacial score (nSPS) is 16.9. The van der Waals surface area contributed by atoms with Crippen LogP contribution < -0.4 is 5.32 Å². The van der Waals surface area contributed by atoms with Crippen LogP contribution in [0, 0.1) is 0 Å². The van der Waals surface area contributed by atoms with E-state index in [0.717, 1.165) is 23.1 Å². The predicted octanol–water partition coefficient (Wildman–Crippen LogP) is 7.39. The third-order valence-electron chi connectivity index (χ3n) is 7.89. The van der Waals surface area contributed by atoms with Crippen molar-refractivity contribution in [2.24, 2.45) is 0 Å². The summed E-state index contributed by atoms with van der Waals surface area (Å²) in [5.74, 6) is -2.49. The lowest BCUT2D eigenvalue weighted by atomic mass is 10.0. The molecule has 5 rings (SSSR count). The summed E-state index contributed by atoms with van der Waals surface area (Å²) < 4.78 is 86.0. The molecule has 3 heterocycles. The Morgan fingerprint density at radius 2 is 1.59 bits per heavy atom. The number of thioether (sulfide) groups is 1. The van der Waals surface area contributed by atoms with Gasteiger partial charge in [-0.05, 0) is 77.5 Å². The molecule has 2 saturated heterocycles. The molecular weight excluding hydrogens is 745 g/mol. The number of rotatable bonds is 10. The Kier molecular flexibility index (Phi) is 11.6. The number of benzene rings is 2. The number of carbonyl (C=O) groups excluding carboxylic acids is 3. The van der Waals surface area contributed by atoms with Crippen LogP contribution in [0.25, 0.3) is 17.2 Å². The number of hydrogen-bond acceptors (Lipinski definition) is 8. The molecule has 2 aliphatic rings. The molecule has 51 heavy (non-hydrogen) atoms. The van der Waals surface area contributed by atoms with Gasteiger partial charge in [-0.25, -0.2) is 4.79 Å². The number of hydrogen-bond donors (Lipinski definition) is 2. The summed E-state index contributed by atoms with van der Waals surface area (Å²) in [6, 6.07) is 7.18. The second-order valence-corrected chi connectivity index (χ2v) is 14.0.